The SMILES string of the molecule is NC(N)=Nc1ccc(C(=O)Oc2ccc(C(=O)OCC(=O)N3CCN(Cc4ccccc4)CC3)cc2)cc1. The van der Waals surface area contributed by atoms with Gasteiger partial charge >= 0.3 is 11.9 Å². The molecule has 10 nitrogen and oxygen atoms in total. The summed E-state index contributed by atoms with van der Waals surface area (Å²) in [6.45, 7) is 3.20. The summed E-state index contributed by atoms with van der Waals surface area (Å²) >= 11 is 0. The molecule has 1 heterocycles. The van der Waals surface area contributed by atoms with Crippen molar-refractivity contribution in [2.45, 2.75) is 6.54 Å². The number of nitrogens with zero attached hydrogens (tertiary/aromatic N) is 3. The number of ether oxygens (including phenoxy) is 2. The maximum Gasteiger partial charge on any atom is 0.343 e. The zero-order valence-electron chi connectivity index (χ0n) is 20.8. The molecule has 0 radical (unpaired) electrons. The summed E-state index contributed by atoms with van der Waals surface area (Å²) in [5, 5.41) is 0. The first-order valence-corrected chi connectivity index (χ1v) is 12.1. The Kier molecular flexibility index (Phi) is 8.68. The number of nitrogens with two attached hydrogens (primary N) is 2. The van der Waals surface area contributed by atoms with Crippen molar-refractivity contribution in [1.82, 2.24) is 9.80 Å². The Hall–Kier alpha value is -4.70. The van der Waals surface area contributed by atoms with E-state index < -0.39 is 11.9 Å². The van der Waals surface area contributed by atoms with Crippen LogP contribution in [-0.4, -0.2) is 66.4 Å². The van der Waals surface area contributed by atoms with Crippen molar-refractivity contribution in [1.29, 1.82) is 0 Å². The second-order valence-electron chi connectivity index (χ2n) is 8.72. The van der Waals surface area contributed by atoms with Gasteiger partial charge in [-0.2, -0.15) is 0 Å². The molecule has 3 aromatic carbocycles. The van der Waals surface area contributed by atoms with Crippen molar-refractivity contribution >= 4 is 29.5 Å². The highest BCUT2D eigenvalue weighted by Gasteiger charge is 2.22. The first-order chi connectivity index (χ1) is 18.4. The Bertz CT molecular complexity index is 1280. The lowest BCUT2D eigenvalue weighted by Gasteiger charge is -2.34. The van der Waals surface area contributed by atoms with E-state index in [1.54, 1.807) is 17.0 Å². The number of hydrogen-bond acceptors (Lipinski definition) is 7. The Morgan fingerprint density at radius 1 is 0.763 bits per heavy atom. The Labute approximate surface area is 220 Å². The number of benzene rings is 3. The predicted molar refractivity (Wildman–Crippen MR) is 142 cm³/mol. The van der Waals surface area contributed by atoms with Gasteiger partial charge < -0.3 is 25.8 Å². The van der Waals surface area contributed by atoms with Crippen molar-refractivity contribution in [2.24, 2.45) is 16.5 Å². The van der Waals surface area contributed by atoms with Crippen LogP contribution in [0.5, 0.6) is 5.75 Å². The van der Waals surface area contributed by atoms with Crippen LogP contribution in [-0.2, 0) is 16.1 Å². The molecule has 1 fully saturated rings. The van der Waals surface area contributed by atoms with Gasteiger partial charge in [0, 0.05) is 32.7 Å². The fourth-order valence-corrected chi connectivity index (χ4v) is 3.95. The molecule has 0 unspecified atom stereocenters. The monoisotopic (exact) mass is 515 g/mol. The van der Waals surface area contributed by atoms with E-state index in [-0.39, 0.29) is 29.8 Å². The smallest absolute Gasteiger partial charge is 0.343 e. The molecule has 196 valence electrons. The average molecular weight is 516 g/mol. The molecule has 4 N–H and O–H groups in total. The predicted octanol–water partition coefficient (Wildman–Crippen LogP) is 2.31. The molecule has 0 bridgehead atoms. The largest absolute Gasteiger partial charge is 0.452 e. The van der Waals surface area contributed by atoms with Gasteiger partial charge in [0.15, 0.2) is 12.6 Å². The van der Waals surface area contributed by atoms with Crippen LogP contribution in [0.4, 0.5) is 5.69 Å². The number of rotatable bonds is 8. The van der Waals surface area contributed by atoms with Crippen LogP contribution < -0.4 is 16.2 Å². The molecule has 0 aliphatic carbocycles. The standard InChI is InChI=1S/C28H29N5O5/c29-28(30)31-23-10-6-22(7-11-23)27(36)38-24-12-8-21(9-13-24)26(35)37-19-25(34)33-16-14-32(15-17-33)18-20-4-2-1-3-5-20/h1-13H,14-19H2,(H4,29,30,31). The van der Waals surface area contributed by atoms with E-state index in [9.17, 15) is 14.4 Å². The number of esters is 2. The molecule has 0 saturated carbocycles. The van der Waals surface area contributed by atoms with E-state index >= 15 is 0 Å². The lowest BCUT2D eigenvalue weighted by molar-refractivity contribution is -0.136. The van der Waals surface area contributed by atoms with Crippen molar-refractivity contribution in [3.8, 4) is 5.75 Å². The van der Waals surface area contributed by atoms with Crippen molar-refractivity contribution in [2.75, 3.05) is 32.8 Å². The van der Waals surface area contributed by atoms with Gasteiger partial charge in [-0.05, 0) is 54.1 Å². The molecular formula is C28H29N5O5. The van der Waals surface area contributed by atoms with E-state index in [0.717, 1.165) is 19.6 Å². The number of piperazine rings is 1. The molecule has 0 atom stereocenters. The zero-order chi connectivity index (χ0) is 26.9. The normalized spacial score (nSPS) is 13.4. The van der Waals surface area contributed by atoms with Gasteiger partial charge in [-0.25, -0.2) is 14.6 Å². The van der Waals surface area contributed by atoms with Crippen LogP contribution in [0.2, 0.25) is 0 Å². The minimum atomic E-state index is -0.630. The summed E-state index contributed by atoms with van der Waals surface area (Å²) < 4.78 is 10.6. The Morgan fingerprint density at radius 3 is 2.00 bits per heavy atom. The molecule has 4 rings (SSSR count). The van der Waals surface area contributed by atoms with Crippen LogP contribution >= 0.6 is 0 Å². The number of carbonyl (C=O) groups excluding carboxylic acids is 3. The van der Waals surface area contributed by atoms with Gasteiger partial charge in [-0.3, -0.25) is 9.69 Å². The van der Waals surface area contributed by atoms with Gasteiger partial charge in [0.1, 0.15) is 5.75 Å². The van der Waals surface area contributed by atoms with Crippen molar-refractivity contribution < 1.29 is 23.9 Å². The van der Waals surface area contributed by atoms with E-state index in [1.165, 1.54) is 42.0 Å². The number of amides is 1. The second-order valence-corrected chi connectivity index (χ2v) is 8.72. The third-order valence-electron chi connectivity index (χ3n) is 5.96. The van der Waals surface area contributed by atoms with Crippen LogP contribution in [0, 0.1) is 0 Å². The third kappa shape index (κ3) is 7.40. The first-order valence-electron chi connectivity index (χ1n) is 12.1. The topological polar surface area (TPSA) is 141 Å². The van der Waals surface area contributed by atoms with Crippen LogP contribution in [0.15, 0.2) is 83.9 Å². The first kappa shape index (κ1) is 26.4. The van der Waals surface area contributed by atoms with Crippen LogP contribution in [0.3, 0.4) is 0 Å². The fourth-order valence-electron chi connectivity index (χ4n) is 3.95. The summed E-state index contributed by atoms with van der Waals surface area (Å²) in [7, 11) is 0. The average Bonchev–Trinajstić information content (AvgIpc) is 2.93. The van der Waals surface area contributed by atoms with Gasteiger partial charge in [0.05, 0.1) is 16.8 Å². The van der Waals surface area contributed by atoms with Gasteiger partial charge in [-0.15, -0.1) is 0 Å². The zero-order valence-corrected chi connectivity index (χ0v) is 20.8. The summed E-state index contributed by atoms with van der Waals surface area (Å²) in [6.07, 6.45) is 0. The molecule has 1 aliphatic heterocycles. The van der Waals surface area contributed by atoms with E-state index in [1.807, 2.05) is 18.2 Å². The molecule has 1 saturated heterocycles. The summed E-state index contributed by atoms with van der Waals surface area (Å²) in [5.74, 6) is -1.26. The van der Waals surface area contributed by atoms with Crippen LogP contribution in [0.25, 0.3) is 0 Å². The molecular weight excluding hydrogens is 486 g/mol. The highest BCUT2D eigenvalue weighted by atomic mass is 16.5. The Morgan fingerprint density at radius 2 is 1.37 bits per heavy atom. The maximum atomic E-state index is 12.5. The van der Waals surface area contributed by atoms with Gasteiger partial charge in [-0.1, -0.05) is 30.3 Å². The van der Waals surface area contributed by atoms with Crippen LogP contribution in [0.1, 0.15) is 26.3 Å². The summed E-state index contributed by atoms with van der Waals surface area (Å²) in [4.78, 5) is 45.2. The minimum absolute atomic E-state index is 0.0827. The lowest BCUT2D eigenvalue weighted by Crippen LogP contribution is -2.49. The van der Waals surface area contributed by atoms with Crippen molar-refractivity contribution in [3.63, 3.8) is 0 Å². The molecule has 1 amide bonds. The number of guanidine groups is 1. The molecule has 0 aromatic heterocycles. The number of aliphatic imine (C=N–C) groups is 1. The molecule has 38 heavy (non-hydrogen) atoms. The van der Waals surface area contributed by atoms with E-state index in [2.05, 4.69) is 22.0 Å². The summed E-state index contributed by atoms with van der Waals surface area (Å²) in [5.41, 5.74) is 13.0. The molecule has 10 heteroatoms. The van der Waals surface area contributed by atoms with E-state index in [4.69, 9.17) is 20.9 Å². The van der Waals surface area contributed by atoms with E-state index in [0.29, 0.717) is 24.3 Å². The molecule has 3 aromatic rings. The molecule has 1 aliphatic rings. The van der Waals surface area contributed by atoms with Crippen molar-refractivity contribution in [3.05, 3.63) is 95.6 Å². The minimum Gasteiger partial charge on any atom is -0.452 e. The quantitative estimate of drug-likeness (QED) is 0.202. The fraction of sp³-hybridized carbons (Fsp3) is 0.214. The summed E-state index contributed by atoms with van der Waals surface area (Å²) in [6, 6.07) is 22.3. The second kappa shape index (κ2) is 12.5. The highest BCUT2D eigenvalue weighted by molar-refractivity contribution is 5.93. The lowest BCUT2D eigenvalue weighted by atomic mass is 10.2. The molecule has 0 spiro atoms. The Balaban J connectivity index is 1.21. The van der Waals surface area contributed by atoms with Gasteiger partial charge in [0.2, 0.25) is 0 Å². The number of carbonyl (C=O) groups is 3. The maximum absolute atomic E-state index is 12.5. The highest BCUT2D eigenvalue weighted by Crippen LogP contribution is 2.17. The van der Waals surface area contributed by atoms with Gasteiger partial charge in [0.25, 0.3) is 5.91 Å². The number of hydrogen-bond donors (Lipinski definition) is 2. The third-order valence-corrected chi connectivity index (χ3v) is 5.96.